The number of Topliss-reactive ketones (excluding diaryl/α,β-unsaturated/α-hetero) is 1. The second-order valence-corrected chi connectivity index (χ2v) is 10.5. The van der Waals surface area contributed by atoms with Crippen LogP contribution in [-0.2, 0) is 4.79 Å². The molecule has 2 bridgehead atoms. The molecule has 4 saturated carbocycles. The molecule has 0 radical (unpaired) electrons. The van der Waals surface area contributed by atoms with Crippen LogP contribution in [0.2, 0.25) is 0 Å². The fourth-order valence-electron chi connectivity index (χ4n) is 7.60. The predicted molar refractivity (Wildman–Crippen MR) is 93.0 cm³/mol. The Kier molecular flexibility index (Phi) is 3.54. The smallest absolute Gasteiger partial charge is 0.141 e. The molecule has 6 nitrogen and oxygen atoms in total. The minimum Gasteiger partial charge on any atom is -0.392 e. The first-order valence-electron chi connectivity index (χ1n) is 9.79. The van der Waals surface area contributed by atoms with Gasteiger partial charge in [0.1, 0.15) is 11.4 Å². The second kappa shape index (κ2) is 4.90. The lowest BCUT2D eigenvalue weighted by atomic mass is 9.57. The van der Waals surface area contributed by atoms with E-state index in [-0.39, 0.29) is 31.0 Å². The molecule has 9 unspecified atom stereocenters. The van der Waals surface area contributed by atoms with E-state index in [2.05, 4.69) is 0 Å². The zero-order valence-electron chi connectivity index (χ0n) is 16.1. The molecule has 0 saturated heterocycles. The molecule has 148 valence electrons. The number of carbonyl (C=O) groups excluding carboxylic acids is 1. The van der Waals surface area contributed by atoms with Gasteiger partial charge in [-0.25, -0.2) is 0 Å². The van der Waals surface area contributed by atoms with E-state index >= 15 is 0 Å². The van der Waals surface area contributed by atoms with Gasteiger partial charge in [-0.2, -0.15) is 0 Å². The first-order valence-corrected chi connectivity index (χ1v) is 9.79. The molecule has 4 aliphatic carbocycles. The van der Waals surface area contributed by atoms with Crippen molar-refractivity contribution in [3.63, 3.8) is 0 Å². The van der Waals surface area contributed by atoms with Crippen molar-refractivity contribution in [3.05, 3.63) is 0 Å². The summed E-state index contributed by atoms with van der Waals surface area (Å²) in [7, 11) is 0. The van der Waals surface area contributed by atoms with Gasteiger partial charge >= 0.3 is 0 Å². The minimum atomic E-state index is -1.76. The Labute approximate surface area is 154 Å². The lowest BCUT2D eigenvalue weighted by Gasteiger charge is -2.51. The monoisotopic (exact) mass is 368 g/mol. The molecule has 4 rings (SSSR count). The van der Waals surface area contributed by atoms with Crippen molar-refractivity contribution >= 4 is 5.78 Å². The molecular weight excluding hydrogens is 336 g/mol. The topological polar surface area (TPSA) is 118 Å². The lowest BCUT2D eigenvalue weighted by molar-refractivity contribution is -0.196. The first-order chi connectivity index (χ1) is 11.7. The normalized spacial score (nSPS) is 61.1. The highest BCUT2D eigenvalue weighted by Gasteiger charge is 2.76. The number of hydrogen-bond donors (Lipinski definition) is 5. The van der Waals surface area contributed by atoms with Gasteiger partial charge < -0.3 is 25.5 Å². The van der Waals surface area contributed by atoms with E-state index in [4.69, 9.17) is 0 Å². The molecule has 0 aromatic heterocycles. The minimum absolute atomic E-state index is 0.00998. The van der Waals surface area contributed by atoms with Gasteiger partial charge in [0, 0.05) is 23.7 Å². The van der Waals surface area contributed by atoms with E-state index < -0.39 is 51.7 Å². The van der Waals surface area contributed by atoms with Crippen LogP contribution in [0.5, 0.6) is 0 Å². The van der Waals surface area contributed by atoms with Crippen LogP contribution in [0.25, 0.3) is 0 Å². The molecule has 1 spiro atoms. The summed E-state index contributed by atoms with van der Waals surface area (Å²) in [6.45, 7) is 6.62. The Morgan fingerprint density at radius 3 is 2.19 bits per heavy atom. The van der Waals surface area contributed by atoms with Crippen LogP contribution in [0.3, 0.4) is 0 Å². The third kappa shape index (κ3) is 1.83. The summed E-state index contributed by atoms with van der Waals surface area (Å²) in [4.78, 5) is 12.6. The van der Waals surface area contributed by atoms with Gasteiger partial charge in [-0.1, -0.05) is 13.8 Å². The zero-order chi connectivity index (χ0) is 19.5. The molecule has 4 aliphatic rings. The van der Waals surface area contributed by atoms with E-state index in [1.807, 2.05) is 0 Å². The number of ketones is 1. The highest BCUT2D eigenvalue weighted by atomic mass is 16.4. The van der Waals surface area contributed by atoms with Gasteiger partial charge in [0.05, 0.1) is 28.8 Å². The highest BCUT2D eigenvalue weighted by Crippen LogP contribution is 2.69. The molecule has 0 heterocycles. The van der Waals surface area contributed by atoms with Gasteiger partial charge in [-0.15, -0.1) is 0 Å². The SMILES string of the molecule is CC1(O)CC23CC(O)C4(O)C(CC(=O)C4(C)C)C(C)(O)C2CCC1C3O. The molecule has 9 atom stereocenters. The lowest BCUT2D eigenvalue weighted by Crippen LogP contribution is -2.60. The summed E-state index contributed by atoms with van der Waals surface area (Å²) in [5.41, 5.74) is -6.31. The Balaban J connectivity index is 1.91. The maximum Gasteiger partial charge on any atom is 0.141 e. The fraction of sp³-hybridized carbons (Fsp3) is 0.950. The number of aliphatic hydroxyl groups is 5. The Bertz CT molecular complexity index is 655. The summed E-state index contributed by atoms with van der Waals surface area (Å²) in [5, 5.41) is 56.4. The van der Waals surface area contributed by atoms with E-state index in [1.54, 1.807) is 27.7 Å². The number of aliphatic hydroxyl groups excluding tert-OH is 2. The van der Waals surface area contributed by atoms with Gasteiger partial charge in [0.15, 0.2) is 0 Å². The first kappa shape index (κ1) is 18.8. The summed E-state index contributed by atoms with van der Waals surface area (Å²) >= 11 is 0. The molecule has 0 amide bonds. The van der Waals surface area contributed by atoms with Crippen molar-refractivity contribution in [3.8, 4) is 0 Å². The van der Waals surface area contributed by atoms with Crippen LogP contribution in [-0.4, -0.2) is 60.3 Å². The molecule has 5 N–H and O–H groups in total. The van der Waals surface area contributed by atoms with Gasteiger partial charge in [0.25, 0.3) is 0 Å². The average molecular weight is 368 g/mol. The molecule has 4 fully saturated rings. The zero-order valence-corrected chi connectivity index (χ0v) is 16.1. The van der Waals surface area contributed by atoms with Crippen molar-refractivity contribution in [2.75, 3.05) is 0 Å². The van der Waals surface area contributed by atoms with Crippen molar-refractivity contribution in [1.29, 1.82) is 0 Å². The van der Waals surface area contributed by atoms with Crippen LogP contribution in [0.1, 0.15) is 59.8 Å². The van der Waals surface area contributed by atoms with Crippen LogP contribution >= 0.6 is 0 Å². The summed E-state index contributed by atoms with van der Waals surface area (Å²) in [6.07, 6.45) is -0.567. The van der Waals surface area contributed by atoms with Crippen molar-refractivity contribution < 1.29 is 30.3 Å². The molecular formula is C20H32O6. The number of hydrogen-bond acceptors (Lipinski definition) is 6. The maximum atomic E-state index is 12.6. The molecule has 0 aromatic carbocycles. The van der Waals surface area contributed by atoms with E-state index in [1.165, 1.54) is 0 Å². The fourth-order valence-corrected chi connectivity index (χ4v) is 7.60. The van der Waals surface area contributed by atoms with E-state index in [0.29, 0.717) is 12.8 Å². The standard InChI is InChI=1S/C20H32O6/c1-16(2)13(21)7-12-18(4,25)11-6-5-10-15(23)19(11,9-17(10,3)24)8-14(22)20(12,16)26/h10-12,14-15,22-26H,5-9H2,1-4H3. The van der Waals surface area contributed by atoms with E-state index in [9.17, 15) is 30.3 Å². The van der Waals surface area contributed by atoms with Gasteiger partial charge in [-0.05, 0) is 45.4 Å². The third-order valence-corrected chi connectivity index (χ3v) is 9.03. The van der Waals surface area contributed by atoms with Crippen LogP contribution in [0, 0.1) is 28.6 Å². The average Bonchev–Trinajstić information content (AvgIpc) is 2.72. The summed E-state index contributed by atoms with van der Waals surface area (Å²) in [6, 6.07) is 0. The number of carbonyl (C=O) groups is 1. The largest absolute Gasteiger partial charge is 0.392 e. The van der Waals surface area contributed by atoms with E-state index in [0.717, 1.165) is 0 Å². The predicted octanol–water partition coefficient (Wildman–Crippen LogP) is 0.376. The Morgan fingerprint density at radius 1 is 0.962 bits per heavy atom. The Hall–Kier alpha value is -0.530. The van der Waals surface area contributed by atoms with Crippen LogP contribution in [0.15, 0.2) is 0 Å². The highest BCUT2D eigenvalue weighted by molar-refractivity contribution is 5.89. The Morgan fingerprint density at radius 2 is 1.58 bits per heavy atom. The number of rotatable bonds is 0. The van der Waals surface area contributed by atoms with Crippen molar-refractivity contribution in [1.82, 2.24) is 0 Å². The van der Waals surface area contributed by atoms with Gasteiger partial charge in [-0.3, -0.25) is 4.79 Å². The third-order valence-electron chi connectivity index (χ3n) is 9.03. The summed E-state index contributed by atoms with van der Waals surface area (Å²) < 4.78 is 0. The summed E-state index contributed by atoms with van der Waals surface area (Å²) in [5.74, 6) is -1.66. The van der Waals surface area contributed by atoms with Crippen molar-refractivity contribution in [2.45, 2.75) is 88.8 Å². The van der Waals surface area contributed by atoms with Crippen LogP contribution < -0.4 is 0 Å². The quantitative estimate of drug-likeness (QED) is 0.422. The molecule has 0 aliphatic heterocycles. The molecule has 6 heteroatoms. The van der Waals surface area contributed by atoms with Gasteiger partial charge in [0.2, 0.25) is 0 Å². The van der Waals surface area contributed by atoms with Crippen LogP contribution in [0.4, 0.5) is 0 Å². The second-order valence-electron chi connectivity index (χ2n) is 10.5. The molecule has 0 aromatic rings. The van der Waals surface area contributed by atoms with Crippen molar-refractivity contribution in [2.24, 2.45) is 28.6 Å². The number of fused-ring (bicyclic) bond motifs is 2. The maximum absolute atomic E-state index is 12.6. The molecule has 26 heavy (non-hydrogen) atoms.